The molecule has 0 atom stereocenters. The Kier molecular flexibility index (Phi) is 5.10. The normalized spacial score (nSPS) is 10.7. The van der Waals surface area contributed by atoms with Crippen molar-refractivity contribution in [2.24, 2.45) is 7.05 Å². The highest BCUT2D eigenvalue weighted by Crippen LogP contribution is 2.37. The Labute approximate surface area is 154 Å². The number of nitrogens with zero attached hydrogens (tertiary/aromatic N) is 3. The van der Waals surface area contributed by atoms with E-state index >= 15 is 0 Å². The monoisotopic (exact) mass is 374 g/mol. The van der Waals surface area contributed by atoms with Gasteiger partial charge in [0.05, 0.1) is 29.3 Å². The molecule has 6 nitrogen and oxygen atoms in total. The SMILES string of the molecule is COc1cc(C)c(Sc2cnc(NC(=O)c3cnn(C)c3)s2)cc1C. The fraction of sp³-hybridized carbons (Fsp3) is 0.235. The first-order chi connectivity index (χ1) is 12.0. The highest BCUT2D eigenvalue weighted by molar-refractivity contribution is 8.01. The van der Waals surface area contributed by atoms with Gasteiger partial charge in [0.15, 0.2) is 5.13 Å². The molecule has 2 heterocycles. The molecule has 0 radical (unpaired) electrons. The van der Waals surface area contributed by atoms with E-state index in [1.54, 1.807) is 43.0 Å². The Bertz CT molecular complexity index is 917. The van der Waals surface area contributed by atoms with Crippen LogP contribution in [0, 0.1) is 13.8 Å². The molecule has 0 unspecified atom stereocenters. The first kappa shape index (κ1) is 17.5. The number of carbonyl (C=O) groups excluding carboxylic acids is 1. The van der Waals surface area contributed by atoms with Crippen molar-refractivity contribution in [3.05, 3.63) is 47.4 Å². The molecular formula is C17H18N4O2S2. The smallest absolute Gasteiger partial charge is 0.260 e. The summed E-state index contributed by atoms with van der Waals surface area (Å²) in [5, 5.41) is 7.37. The molecule has 0 aliphatic carbocycles. The average Bonchev–Trinajstić information content (AvgIpc) is 3.19. The van der Waals surface area contributed by atoms with Gasteiger partial charge in [0.2, 0.25) is 0 Å². The molecule has 0 saturated carbocycles. The van der Waals surface area contributed by atoms with Crippen LogP contribution in [0.2, 0.25) is 0 Å². The van der Waals surface area contributed by atoms with E-state index in [0.29, 0.717) is 10.7 Å². The van der Waals surface area contributed by atoms with Crippen LogP contribution in [0.4, 0.5) is 5.13 Å². The third kappa shape index (κ3) is 4.02. The fourth-order valence-electron chi connectivity index (χ4n) is 2.27. The Morgan fingerprint density at radius 2 is 2.08 bits per heavy atom. The molecule has 0 saturated heterocycles. The molecule has 0 fully saturated rings. The molecule has 0 spiro atoms. The molecule has 3 aromatic rings. The lowest BCUT2D eigenvalue weighted by atomic mass is 10.1. The van der Waals surface area contributed by atoms with Gasteiger partial charge in [-0.15, -0.1) is 0 Å². The van der Waals surface area contributed by atoms with E-state index in [2.05, 4.69) is 28.4 Å². The predicted molar refractivity (Wildman–Crippen MR) is 99.9 cm³/mol. The van der Waals surface area contributed by atoms with Crippen molar-refractivity contribution >= 4 is 34.1 Å². The highest BCUT2D eigenvalue weighted by Gasteiger charge is 2.12. The molecule has 0 bridgehead atoms. The maximum absolute atomic E-state index is 12.1. The van der Waals surface area contributed by atoms with E-state index in [1.807, 2.05) is 13.0 Å². The van der Waals surface area contributed by atoms with Crippen molar-refractivity contribution in [2.75, 3.05) is 12.4 Å². The second-order valence-electron chi connectivity index (χ2n) is 5.53. The second-order valence-corrected chi connectivity index (χ2v) is 7.90. The summed E-state index contributed by atoms with van der Waals surface area (Å²) < 4.78 is 7.95. The molecule has 1 amide bonds. The number of aryl methyl sites for hydroxylation is 3. The number of nitrogens with one attached hydrogen (secondary N) is 1. The molecule has 1 aromatic carbocycles. The zero-order valence-electron chi connectivity index (χ0n) is 14.4. The lowest BCUT2D eigenvalue weighted by molar-refractivity contribution is 0.102. The van der Waals surface area contributed by atoms with Gasteiger partial charge in [-0.2, -0.15) is 5.10 Å². The number of hydrogen-bond donors (Lipinski definition) is 1. The first-order valence-corrected chi connectivity index (χ1v) is 9.18. The third-order valence-electron chi connectivity index (χ3n) is 3.57. The van der Waals surface area contributed by atoms with Gasteiger partial charge in [0.1, 0.15) is 5.75 Å². The predicted octanol–water partition coefficient (Wildman–Crippen LogP) is 3.91. The quantitative estimate of drug-likeness (QED) is 0.733. The van der Waals surface area contributed by atoms with E-state index in [4.69, 9.17) is 4.74 Å². The Hall–Kier alpha value is -2.32. The summed E-state index contributed by atoms with van der Waals surface area (Å²) in [4.78, 5) is 17.6. The molecule has 3 rings (SSSR count). The lowest BCUT2D eigenvalue weighted by Crippen LogP contribution is -2.10. The molecule has 1 N–H and O–H groups in total. The molecule has 0 aliphatic rings. The third-order valence-corrected chi connectivity index (χ3v) is 5.75. The topological polar surface area (TPSA) is 69.0 Å². The number of aromatic nitrogens is 3. The molecule has 2 aromatic heterocycles. The number of carbonyl (C=O) groups is 1. The van der Waals surface area contributed by atoms with Gasteiger partial charge >= 0.3 is 0 Å². The number of rotatable bonds is 5. The van der Waals surface area contributed by atoms with E-state index in [0.717, 1.165) is 26.0 Å². The summed E-state index contributed by atoms with van der Waals surface area (Å²) in [7, 11) is 3.45. The van der Waals surface area contributed by atoms with Crippen LogP contribution in [0.5, 0.6) is 5.75 Å². The van der Waals surface area contributed by atoms with Crippen molar-refractivity contribution < 1.29 is 9.53 Å². The van der Waals surface area contributed by atoms with Crippen molar-refractivity contribution in [1.29, 1.82) is 0 Å². The Morgan fingerprint density at radius 1 is 1.28 bits per heavy atom. The van der Waals surface area contributed by atoms with Crippen LogP contribution in [-0.4, -0.2) is 27.8 Å². The van der Waals surface area contributed by atoms with E-state index in [9.17, 15) is 4.79 Å². The van der Waals surface area contributed by atoms with Gasteiger partial charge in [-0.05, 0) is 37.1 Å². The first-order valence-electron chi connectivity index (χ1n) is 7.55. The van der Waals surface area contributed by atoms with Crippen LogP contribution in [0.1, 0.15) is 21.5 Å². The minimum atomic E-state index is -0.213. The number of thiazole rings is 1. The zero-order chi connectivity index (χ0) is 18.0. The molecule has 130 valence electrons. The van der Waals surface area contributed by atoms with Gasteiger partial charge in [0, 0.05) is 18.1 Å². The molecule has 25 heavy (non-hydrogen) atoms. The van der Waals surface area contributed by atoms with Gasteiger partial charge in [-0.1, -0.05) is 23.1 Å². The zero-order valence-corrected chi connectivity index (χ0v) is 16.0. The molecular weight excluding hydrogens is 356 g/mol. The number of anilines is 1. The second kappa shape index (κ2) is 7.28. The summed E-state index contributed by atoms with van der Waals surface area (Å²) in [6, 6.07) is 4.14. The summed E-state index contributed by atoms with van der Waals surface area (Å²) in [6.45, 7) is 4.07. The minimum Gasteiger partial charge on any atom is -0.496 e. The largest absolute Gasteiger partial charge is 0.496 e. The van der Waals surface area contributed by atoms with E-state index < -0.39 is 0 Å². The van der Waals surface area contributed by atoms with Crippen LogP contribution >= 0.6 is 23.1 Å². The standard InChI is InChI=1S/C17H18N4O2S2/c1-10-6-14(11(2)5-13(10)23-4)24-15-8-18-17(25-15)20-16(22)12-7-19-21(3)9-12/h5-9H,1-4H3,(H,18,20,22). The van der Waals surface area contributed by atoms with Crippen LogP contribution in [-0.2, 0) is 7.05 Å². The maximum atomic E-state index is 12.1. The van der Waals surface area contributed by atoms with Crippen LogP contribution < -0.4 is 10.1 Å². The number of hydrogen-bond acceptors (Lipinski definition) is 6. The van der Waals surface area contributed by atoms with Crippen molar-refractivity contribution in [2.45, 2.75) is 23.0 Å². The summed E-state index contributed by atoms with van der Waals surface area (Å²) in [5.41, 5.74) is 2.74. The minimum absolute atomic E-state index is 0.213. The molecule has 8 heteroatoms. The summed E-state index contributed by atoms with van der Waals surface area (Å²) in [5.74, 6) is 0.672. The van der Waals surface area contributed by atoms with Crippen molar-refractivity contribution in [3.8, 4) is 5.75 Å². The molecule has 0 aliphatic heterocycles. The summed E-state index contributed by atoms with van der Waals surface area (Å²) in [6.07, 6.45) is 4.97. The number of benzene rings is 1. The van der Waals surface area contributed by atoms with Gasteiger partial charge in [-0.3, -0.25) is 14.8 Å². The fourth-order valence-corrected chi connectivity index (χ4v) is 4.27. The Balaban J connectivity index is 1.72. The van der Waals surface area contributed by atoms with E-state index in [-0.39, 0.29) is 5.91 Å². The van der Waals surface area contributed by atoms with Crippen LogP contribution in [0.3, 0.4) is 0 Å². The average molecular weight is 374 g/mol. The number of methoxy groups -OCH3 is 1. The Morgan fingerprint density at radius 3 is 2.76 bits per heavy atom. The van der Waals surface area contributed by atoms with E-state index in [1.165, 1.54) is 17.5 Å². The van der Waals surface area contributed by atoms with Gasteiger partial charge in [-0.25, -0.2) is 4.98 Å². The summed E-state index contributed by atoms with van der Waals surface area (Å²) >= 11 is 3.07. The van der Waals surface area contributed by atoms with Crippen molar-refractivity contribution in [1.82, 2.24) is 14.8 Å². The number of ether oxygens (including phenoxy) is 1. The van der Waals surface area contributed by atoms with Gasteiger partial charge < -0.3 is 4.74 Å². The highest BCUT2D eigenvalue weighted by atomic mass is 32.2. The maximum Gasteiger partial charge on any atom is 0.260 e. The van der Waals surface area contributed by atoms with Crippen LogP contribution in [0.25, 0.3) is 0 Å². The number of amides is 1. The van der Waals surface area contributed by atoms with Crippen molar-refractivity contribution in [3.63, 3.8) is 0 Å². The lowest BCUT2D eigenvalue weighted by Gasteiger charge is -2.09. The van der Waals surface area contributed by atoms with Gasteiger partial charge in [0.25, 0.3) is 5.91 Å². The van der Waals surface area contributed by atoms with Crippen LogP contribution in [0.15, 0.2) is 39.8 Å².